The summed E-state index contributed by atoms with van der Waals surface area (Å²) >= 11 is 0. The number of unbranched alkanes of at least 4 members (excludes halogenated alkanes) is 2. The summed E-state index contributed by atoms with van der Waals surface area (Å²) in [5.74, 6) is 1.79. The lowest BCUT2D eigenvalue weighted by atomic mass is 10.1. The van der Waals surface area contributed by atoms with Gasteiger partial charge in [0.15, 0.2) is 0 Å². The van der Waals surface area contributed by atoms with Crippen LogP contribution in [-0.4, -0.2) is 97.9 Å². The smallest absolute Gasteiger partial charge is 0.303 e. The van der Waals surface area contributed by atoms with Crippen molar-refractivity contribution in [2.45, 2.75) is 86.8 Å². The molecule has 0 spiro atoms. The zero-order valence-electron chi connectivity index (χ0n) is 20.4. The van der Waals surface area contributed by atoms with E-state index in [1.165, 1.54) is 37.2 Å². The van der Waals surface area contributed by atoms with Gasteiger partial charge in [-0.3, -0.25) is 9.59 Å². The highest BCUT2D eigenvalue weighted by Crippen LogP contribution is 2.40. The second kappa shape index (κ2) is 24.5. The number of nitrogens with one attached hydrogen (secondary N) is 1. The fourth-order valence-electron chi connectivity index (χ4n) is 2.94. The maximum absolute atomic E-state index is 11.4. The molecule has 2 saturated heterocycles. The molecule has 2 rings (SSSR count). The maximum Gasteiger partial charge on any atom is 0.303 e. The van der Waals surface area contributed by atoms with E-state index in [-0.39, 0.29) is 32.3 Å². The van der Waals surface area contributed by atoms with E-state index in [2.05, 4.69) is 5.32 Å². The third kappa shape index (κ3) is 21.9. The summed E-state index contributed by atoms with van der Waals surface area (Å²) in [7, 11) is 7.83. The van der Waals surface area contributed by atoms with E-state index in [4.69, 9.17) is 31.3 Å². The second-order valence-corrected chi connectivity index (χ2v) is 13.9. The summed E-state index contributed by atoms with van der Waals surface area (Å²) < 4.78 is 0. The fraction of sp³-hybridized carbons (Fsp3) is 0.909. The summed E-state index contributed by atoms with van der Waals surface area (Å²) in [4.78, 5) is 21.6. The molecule has 0 aliphatic carbocycles. The van der Waals surface area contributed by atoms with Crippen LogP contribution >= 0.6 is 43.2 Å². The molecule has 1 amide bonds. The predicted octanol–water partition coefficient (Wildman–Crippen LogP) is 2.25. The maximum atomic E-state index is 11.4. The Morgan fingerprint density at radius 1 is 0.800 bits per heavy atom. The number of carbonyl (C=O) groups is 2. The van der Waals surface area contributed by atoms with Gasteiger partial charge in [0, 0.05) is 34.8 Å². The Kier molecular flexibility index (Phi) is 24.6. The normalized spacial score (nSPS) is 19.2. The topological polar surface area (TPSA) is 173 Å². The van der Waals surface area contributed by atoms with E-state index < -0.39 is 18.1 Å². The van der Waals surface area contributed by atoms with Crippen LogP contribution in [0, 0.1) is 0 Å². The number of rotatable bonds is 15. The Morgan fingerprint density at radius 3 is 1.63 bits per heavy atom. The number of nitrogens with two attached hydrogens (primary N) is 1. The van der Waals surface area contributed by atoms with Crippen LogP contribution in [0.1, 0.15) is 64.2 Å². The van der Waals surface area contributed by atoms with Gasteiger partial charge in [-0.25, -0.2) is 0 Å². The second-order valence-electron chi connectivity index (χ2n) is 8.30. The van der Waals surface area contributed by atoms with Gasteiger partial charge in [0.05, 0.1) is 38.5 Å². The molecule has 0 saturated carbocycles. The molecule has 9 nitrogen and oxygen atoms in total. The van der Waals surface area contributed by atoms with E-state index in [0.717, 1.165) is 36.2 Å². The van der Waals surface area contributed by atoms with Crippen LogP contribution in [-0.2, 0) is 9.59 Å². The van der Waals surface area contributed by atoms with E-state index in [1.54, 1.807) is 0 Å². The van der Waals surface area contributed by atoms with Crippen molar-refractivity contribution in [2.75, 3.05) is 37.9 Å². The van der Waals surface area contributed by atoms with E-state index in [0.29, 0.717) is 12.8 Å². The van der Waals surface area contributed by atoms with Gasteiger partial charge < -0.3 is 36.6 Å². The first-order valence-corrected chi connectivity index (χ1v) is 16.9. The van der Waals surface area contributed by atoms with Crippen LogP contribution in [0.15, 0.2) is 0 Å². The third-order valence-corrected chi connectivity index (χ3v) is 11.1. The molecule has 0 aromatic carbocycles. The molecule has 0 bridgehead atoms. The van der Waals surface area contributed by atoms with Gasteiger partial charge >= 0.3 is 5.97 Å². The zero-order valence-corrected chi connectivity index (χ0v) is 23.7. The van der Waals surface area contributed by atoms with Crippen LogP contribution in [0.5, 0.6) is 0 Å². The SMILES string of the molecule is NC(CO)CO.O=C(CCCCC1CCSS1)NC(CO)CO.O=C(O)CCCCC1CCSS1. The van der Waals surface area contributed by atoms with Crippen LogP contribution in [0.3, 0.4) is 0 Å². The molecule has 2 heterocycles. The first-order chi connectivity index (χ1) is 16.9. The van der Waals surface area contributed by atoms with E-state index in [9.17, 15) is 9.59 Å². The van der Waals surface area contributed by atoms with Crippen molar-refractivity contribution < 1.29 is 35.1 Å². The van der Waals surface area contributed by atoms with Crippen molar-refractivity contribution in [1.29, 1.82) is 0 Å². The largest absolute Gasteiger partial charge is 0.481 e. The third-order valence-electron chi connectivity index (χ3n) is 5.08. The Balaban J connectivity index is 0.000000557. The molecular formula is C22H44N2O7S4. The van der Waals surface area contributed by atoms with Crippen molar-refractivity contribution in [3.05, 3.63) is 0 Å². The highest BCUT2D eigenvalue weighted by atomic mass is 33.1. The van der Waals surface area contributed by atoms with Crippen LogP contribution in [0.2, 0.25) is 0 Å². The van der Waals surface area contributed by atoms with Crippen molar-refractivity contribution in [3.8, 4) is 0 Å². The number of carboxylic acids is 1. The number of amides is 1. The van der Waals surface area contributed by atoms with E-state index >= 15 is 0 Å². The lowest BCUT2D eigenvalue weighted by molar-refractivity contribution is -0.137. The Labute approximate surface area is 225 Å². The molecule has 2 fully saturated rings. The molecule has 0 radical (unpaired) electrons. The number of aliphatic hydroxyl groups excluding tert-OH is 4. The van der Waals surface area contributed by atoms with Crippen LogP contribution in [0.4, 0.5) is 0 Å². The first kappa shape index (κ1) is 35.1. The standard InChI is InChI=1S/C11H21NO3S2.C8H14O2S2.C3H9NO2/c13-7-9(8-14)12-11(15)4-2-1-3-10-5-6-16-17-10;9-8(10)4-2-1-3-7-5-6-11-12-7;4-3(1-5)2-6/h9-10,13-14H,1-8H2,(H,12,15);7H,1-6H2,(H,9,10);3,5-6H,1-2,4H2. The highest BCUT2D eigenvalue weighted by molar-refractivity contribution is 8.77. The average Bonchev–Trinajstić information content (AvgIpc) is 3.58. The molecule has 35 heavy (non-hydrogen) atoms. The molecule has 8 N–H and O–H groups in total. The first-order valence-electron chi connectivity index (χ1n) is 12.1. The molecule has 0 aromatic rings. The lowest BCUT2D eigenvalue weighted by Crippen LogP contribution is -2.39. The van der Waals surface area contributed by atoms with Gasteiger partial charge in [-0.05, 0) is 38.5 Å². The van der Waals surface area contributed by atoms with Crippen molar-refractivity contribution in [2.24, 2.45) is 5.73 Å². The van der Waals surface area contributed by atoms with Gasteiger partial charge in [0.2, 0.25) is 5.91 Å². The van der Waals surface area contributed by atoms with Gasteiger partial charge in [0.25, 0.3) is 0 Å². The Bertz CT molecular complexity index is 518. The van der Waals surface area contributed by atoms with Gasteiger partial charge in [-0.15, -0.1) is 0 Å². The molecule has 2 atom stereocenters. The molecule has 0 aromatic heterocycles. The quantitative estimate of drug-likeness (QED) is 0.112. The minimum atomic E-state index is -0.663. The summed E-state index contributed by atoms with van der Waals surface area (Å²) in [6.45, 7) is -0.705. The number of aliphatic hydroxyl groups is 4. The minimum Gasteiger partial charge on any atom is -0.481 e. The monoisotopic (exact) mass is 576 g/mol. The number of hydrogen-bond acceptors (Lipinski definition) is 11. The summed E-state index contributed by atoms with van der Waals surface area (Å²) in [5, 5.41) is 46.3. The molecule has 2 aliphatic rings. The van der Waals surface area contributed by atoms with Crippen LogP contribution < -0.4 is 11.1 Å². The Morgan fingerprint density at radius 2 is 1.29 bits per heavy atom. The zero-order chi connectivity index (χ0) is 26.3. The predicted molar refractivity (Wildman–Crippen MR) is 150 cm³/mol. The molecule has 2 unspecified atom stereocenters. The summed E-state index contributed by atoms with van der Waals surface area (Å²) in [6, 6.07) is -0.964. The van der Waals surface area contributed by atoms with Gasteiger partial charge in [-0.2, -0.15) is 0 Å². The van der Waals surface area contributed by atoms with Crippen LogP contribution in [0.25, 0.3) is 0 Å². The summed E-state index contributed by atoms with van der Waals surface area (Å²) in [6.07, 6.45) is 9.69. The summed E-state index contributed by atoms with van der Waals surface area (Å²) in [5.41, 5.74) is 4.97. The van der Waals surface area contributed by atoms with Crippen molar-refractivity contribution >= 4 is 55.1 Å². The number of aliphatic carboxylic acids is 1. The van der Waals surface area contributed by atoms with Gasteiger partial charge in [-0.1, -0.05) is 56.0 Å². The molecule has 2 aliphatic heterocycles. The number of carbonyl (C=O) groups excluding carboxylic acids is 1. The molecule has 13 heteroatoms. The minimum absolute atomic E-state index is 0.0773. The van der Waals surface area contributed by atoms with Crippen molar-refractivity contribution in [1.82, 2.24) is 5.32 Å². The number of carboxylic acid groups (broad SMARTS) is 1. The Hall–Kier alpha value is 0.140. The molecule has 208 valence electrons. The number of hydrogen-bond donors (Lipinski definition) is 7. The highest BCUT2D eigenvalue weighted by Gasteiger charge is 2.17. The fourth-order valence-corrected chi connectivity index (χ4v) is 9.00. The lowest BCUT2D eigenvalue weighted by Gasteiger charge is -2.13. The average molecular weight is 577 g/mol. The molecular weight excluding hydrogens is 533 g/mol. The van der Waals surface area contributed by atoms with Gasteiger partial charge in [0.1, 0.15) is 0 Å². The van der Waals surface area contributed by atoms with E-state index in [1.807, 2.05) is 43.2 Å². The van der Waals surface area contributed by atoms with Crippen molar-refractivity contribution in [3.63, 3.8) is 0 Å².